The highest BCUT2D eigenvalue weighted by Crippen LogP contribution is 2.47. The molecule has 0 unspecified atom stereocenters. The van der Waals surface area contributed by atoms with Gasteiger partial charge in [-0.2, -0.15) is 0 Å². The molecule has 0 saturated carbocycles. The SMILES string of the molecule is CCP(=O)(CC)c1cc(OC)c(CCN)cc1OC. The van der Waals surface area contributed by atoms with E-state index in [9.17, 15) is 4.57 Å². The molecule has 0 aliphatic carbocycles. The van der Waals surface area contributed by atoms with Gasteiger partial charge in [0.05, 0.1) is 19.5 Å². The van der Waals surface area contributed by atoms with E-state index in [4.69, 9.17) is 15.2 Å². The largest absolute Gasteiger partial charge is 0.496 e. The molecule has 0 bridgehead atoms. The van der Waals surface area contributed by atoms with E-state index in [1.165, 1.54) is 0 Å². The molecule has 0 heterocycles. The van der Waals surface area contributed by atoms with Gasteiger partial charge in [0.15, 0.2) is 0 Å². The Kier molecular flexibility index (Phi) is 5.89. The van der Waals surface area contributed by atoms with Crippen LogP contribution in [0, 0.1) is 0 Å². The van der Waals surface area contributed by atoms with Crippen LogP contribution < -0.4 is 20.5 Å². The van der Waals surface area contributed by atoms with Crippen LogP contribution in [0.3, 0.4) is 0 Å². The van der Waals surface area contributed by atoms with Crippen molar-refractivity contribution in [1.82, 2.24) is 0 Å². The first-order valence-electron chi connectivity index (χ1n) is 6.59. The molecular weight excluding hydrogens is 261 g/mol. The first kappa shape index (κ1) is 16.1. The van der Waals surface area contributed by atoms with Gasteiger partial charge in [-0.1, -0.05) is 13.8 Å². The van der Waals surface area contributed by atoms with E-state index < -0.39 is 7.14 Å². The summed E-state index contributed by atoms with van der Waals surface area (Å²) < 4.78 is 23.7. The van der Waals surface area contributed by atoms with Crippen LogP contribution in [0.25, 0.3) is 0 Å². The van der Waals surface area contributed by atoms with Crippen molar-refractivity contribution in [2.45, 2.75) is 20.3 Å². The number of ether oxygens (including phenoxy) is 2. The molecule has 1 aromatic carbocycles. The Hall–Kier alpha value is -0.990. The van der Waals surface area contributed by atoms with Crippen molar-refractivity contribution < 1.29 is 14.0 Å². The van der Waals surface area contributed by atoms with Crippen LogP contribution in [0.2, 0.25) is 0 Å². The zero-order chi connectivity index (χ0) is 14.5. The van der Waals surface area contributed by atoms with E-state index in [0.29, 0.717) is 31.0 Å². The standard InChI is InChI=1S/C14H24NO3P/c1-5-19(16,6-2)14-10-12(17-3)11(7-8-15)9-13(14)18-4/h9-10H,5-8,15H2,1-4H3. The van der Waals surface area contributed by atoms with Gasteiger partial charge in [-0.25, -0.2) is 0 Å². The Bertz CT molecular complexity index is 466. The fourth-order valence-electron chi connectivity index (χ4n) is 2.18. The molecule has 0 aliphatic rings. The fraction of sp³-hybridized carbons (Fsp3) is 0.571. The van der Waals surface area contributed by atoms with Gasteiger partial charge >= 0.3 is 0 Å². The van der Waals surface area contributed by atoms with Crippen LogP contribution in [0.1, 0.15) is 19.4 Å². The van der Waals surface area contributed by atoms with Crippen LogP contribution in [0.15, 0.2) is 12.1 Å². The van der Waals surface area contributed by atoms with Crippen molar-refractivity contribution >= 4 is 12.4 Å². The Morgan fingerprint density at radius 2 is 1.68 bits per heavy atom. The topological polar surface area (TPSA) is 61.5 Å². The van der Waals surface area contributed by atoms with Crippen LogP contribution >= 0.6 is 7.14 Å². The molecule has 0 aliphatic heterocycles. The number of methoxy groups -OCH3 is 2. The molecule has 0 fully saturated rings. The summed E-state index contributed by atoms with van der Waals surface area (Å²) in [4.78, 5) is 0. The van der Waals surface area contributed by atoms with E-state index in [1.807, 2.05) is 26.0 Å². The molecule has 5 heteroatoms. The van der Waals surface area contributed by atoms with Gasteiger partial charge < -0.3 is 19.8 Å². The van der Waals surface area contributed by atoms with Gasteiger partial charge in [0.2, 0.25) is 0 Å². The molecular formula is C14H24NO3P. The first-order chi connectivity index (χ1) is 9.06. The Morgan fingerprint density at radius 3 is 2.11 bits per heavy atom. The molecule has 0 aromatic heterocycles. The number of benzene rings is 1. The third-order valence-corrected chi connectivity index (χ3v) is 6.73. The number of nitrogens with two attached hydrogens (primary N) is 1. The third-order valence-electron chi connectivity index (χ3n) is 3.46. The third kappa shape index (κ3) is 3.31. The van der Waals surface area contributed by atoms with Crippen molar-refractivity contribution in [3.05, 3.63) is 17.7 Å². The number of hydrogen-bond donors (Lipinski definition) is 1. The number of hydrogen-bond acceptors (Lipinski definition) is 4. The van der Waals surface area contributed by atoms with Crippen LogP contribution in [0.5, 0.6) is 11.5 Å². The highest BCUT2D eigenvalue weighted by atomic mass is 31.2. The lowest BCUT2D eigenvalue weighted by molar-refractivity contribution is 0.401. The van der Waals surface area contributed by atoms with Gasteiger partial charge in [0, 0.05) is 12.3 Å². The highest BCUT2D eigenvalue weighted by Gasteiger charge is 2.26. The highest BCUT2D eigenvalue weighted by molar-refractivity contribution is 7.71. The number of rotatable bonds is 7. The monoisotopic (exact) mass is 285 g/mol. The predicted molar refractivity (Wildman–Crippen MR) is 80.6 cm³/mol. The predicted octanol–water partition coefficient (Wildman–Crippen LogP) is 2.23. The maximum atomic E-state index is 12.9. The van der Waals surface area contributed by atoms with Gasteiger partial charge in [0.25, 0.3) is 0 Å². The summed E-state index contributed by atoms with van der Waals surface area (Å²) in [6, 6.07) is 3.76. The maximum absolute atomic E-state index is 12.9. The van der Waals surface area contributed by atoms with Crippen molar-refractivity contribution in [2.24, 2.45) is 5.73 Å². The zero-order valence-corrected chi connectivity index (χ0v) is 13.1. The van der Waals surface area contributed by atoms with Crippen molar-refractivity contribution in [2.75, 3.05) is 33.1 Å². The van der Waals surface area contributed by atoms with Gasteiger partial charge in [0.1, 0.15) is 18.6 Å². The van der Waals surface area contributed by atoms with Crippen molar-refractivity contribution in [3.8, 4) is 11.5 Å². The second kappa shape index (κ2) is 6.97. The molecule has 108 valence electrons. The van der Waals surface area contributed by atoms with Crippen LogP contribution in [-0.4, -0.2) is 33.1 Å². The second-order valence-corrected chi connectivity index (χ2v) is 7.92. The lowest BCUT2D eigenvalue weighted by Gasteiger charge is -2.20. The molecule has 4 nitrogen and oxygen atoms in total. The Morgan fingerprint density at radius 1 is 1.11 bits per heavy atom. The average Bonchev–Trinajstić information content (AvgIpc) is 2.46. The molecule has 19 heavy (non-hydrogen) atoms. The lowest BCUT2D eigenvalue weighted by atomic mass is 10.1. The minimum Gasteiger partial charge on any atom is -0.496 e. The molecule has 1 aromatic rings. The normalized spacial score (nSPS) is 11.4. The molecule has 0 spiro atoms. The average molecular weight is 285 g/mol. The summed E-state index contributed by atoms with van der Waals surface area (Å²) in [6.07, 6.45) is 1.96. The minimum atomic E-state index is -2.40. The molecule has 0 amide bonds. The minimum absolute atomic E-state index is 0.540. The van der Waals surface area contributed by atoms with Gasteiger partial charge in [-0.3, -0.25) is 0 Å². The summed E-state index contributed by atoms with van der Waals surface area (Å²) in [5.74, 6) is 1.42. The summed E-state index contributed by atoms with van der Waals surface area (Å²) >= 11 is 0. The van der Waals surface area contributed by atoms with Gasteiger partial charge in [-0.15, -0.1) is 0 Å². The van der Waals surface area contributed by atoms with E-state index in [0.717, 1.165) is 16.6 Å². The maximum Gasteiger partial charge on any atom is 0.130 e. The quantitative estimate of drug-likeness (QED) is 0.780. The second-order valence-electron chi connectivity index (χ2n) is 4.40. The molecule has 0 radical (unpaired) electrons. The molecule has 0 atom stereocenters. The van der Waals surface area contributed by atoms with Crippen molar-refractivity contribution in [1.29, 1.82) is 0 Å². The van der Waals surface area contributed by atoms with Crippen LogP contribution in [0.4, 0.5) is 0 Å². The summed E-state index contributed by atoms with van der Waals surface area (Å²) in [5, 5.41) is 0.776. The lowest BCUT2D eigenvalue weighted by Crippen LogP contribution is -2.15. The van der Waals surface area contributed by atoms with E-state index >= 15 is 0 Å². The van der Waals surface area contributed by atoms with Crippen molar-refractivity contribution in [3.63, 3.8) is 0 Å². The Labute approximate surface area is 115 Å². The van der Waals surface area contributed by atoms with E-state index in [-0.39, 0.29) is 0 Å². The molecule has 2 N–H and O–H groups in total. The van der Waals surface area contributed by atoms with E-state index in [1.54, 1.807) is 14.2 Å². The van der Waals surface area contributed by atoms with Gasteiger partial charge in [-0.05, 0) is 30.7 Å². The first-order valence-corrected chi connectivity index (χ1v) is 8.67. The van der Waals surface area contributed by atoms with E-state index in [2.05, 4.69) is 0 Å². The molecule has 1 rings (SSSR count). The summed E-state index contributed by atoms with van der Waals surface area (Å²) in [5.41, 5.74) is 6.59. The summed E-state index contributed by atoms with van der Waals surface area (Å²) in [6.45, 7) is 4.44. The molecule has 0 saturated heterocycles. The smallest absolute Gasteiger partial charge is 0.130 e. The van der Waals surface area contributed by atoms with Crippen LogP contribution in [-0.2, 0) is 11.0 Å². The summed E-state index contributed by atoms with van der Waals surface area (Å²) in [7, 11) is 0.821. The zero-order valence-electron chi connectivity index (χ0n) is 12.2. The fourth-order valence-corrected chi connectivity index (χ4v) is 4.22. The Balaban J connectivity index is 3.43.